The van der Waals surface area contributed by atoms with E-state index in [9.17, 15) is 0 Å². The van der Waals surface area contributed by atoms with E-state index >= 15 is 0 Å². The number of rotatable bonds is 7. The van der Waals surface area contributed by atoms with Crippen molar-refractivity contribution in [1.29, 1.82) is 0 Å². The minimum atomic E-state index is 0.895. The van der Waals surface area contributed by atoms with Crippen molar-refractivity contribution in [3.8, 4) is 44.5 Å². The largest absolute Gasteiger partial charge is 0.455 e. The highest BCUT2D eigenvalue weighted by molar-refractivity contribution is 6.10. The Hall–Kier alpha value is -7.16. The van der Waals surface area contributed by atoms with Crippen LogP contribution in [-0.4, -0.2) is 0 Å². The molecule has 0 N–H and O–H groups in total. The second-order valence-corrected chi connectivity index (χ2v) is 13.8. The fourth-order valence-electron chi connectivity index (χ4n) is 7.68. The summed E-state index contributed by atoms with van der Waals surface area (Å²) in [5.41, 5.74) is 14.5. The molecule has 0 amide bonds. The van der Waals surface area contributed by atoms with Gasteiger partial charge in [-0.15, -0.1) is 0 Å². The van der Waals surface area contributed by atoms with Gasteiger partial charge >= 0.3 is 0 Å². The van der Waals surface area contributed by atoms with E-state index < -0.39 is 0 Å². The minimum Gasteiger partial charge on any atom is -0.455 e. The molecule has 0 unspecified atom stereocenters. The highest BCUT2D eigenvalue weighted by atomic mass is 16.3. The maximum Gasteiger partial charge on any atom is 0.143 e. The lowest BCUT2D eigenvalue weighted by atomic mass is 9.99. The Morgan fingerprint density at radius 1 is 0.296 bits per heavy atom. The first-order chi connectivity index (χ1) is 26.7. The number of furan rings is 1. The Bertz CT molecular complexity index is 2890. The van der Waals surface area contributed by atoms with E-state index in [0.717, 1.165) is 61.3 Å². The molecule has 0 bridgehead atoms. The van der Waals surface area contributed by atoms with Crippen molar-refractivity contribution in [3.05, 3.63) is 212 Å². The Labute approximate surface area is 314 Å². The molecule has 0 spiro atoms. The number of hydrogen-bond acceptors (Lipinski definition) is 2. The lowest BCUT2D eigenvalue weighted by Crippen LogP contribution is -2.09. The molecule has 0 saturated heterocycles. The number of para-hydroxylation sites is 1. The molecule has 0 saturated carbocycles. The standard InChI is InChI=1S/C52H35NO/c1-3-10-36(11-4-1)38-18-20-39(21-19-38)40-22-28-45(29-23-40)53(47-32-26-37-12-7-8-15-43(37)34-47)46-30-24-41(25-31-46)44-27-33-51-50(35-44)49-17-9-16-48(52(49)54-51)42-13-5-2-6-14-42/h1-35H. The molecular weight excluding hydrogens is 655 g/mol. The number of hydrogen-bond donors (Lipinski definition) is 0. The van der Waals surface area contributed by atoms with E-state index in [-0.39, 0.29) is 0 Å². The summed E-state index contributed by atoms with van der Waals surface area (Å²) in [7, 11) is 0. The fourth-order valence-corrected chi connectivity index (χ4v) is 7.68. The minimum absolute atomic E-state index is 0.895. The molecule has 0 radical (unpaired) electrons. The Balaban J connectivity index is 1.000. The summed E-state index contributed by atoms with van der Waals surface area (Å²) in [4.78, 5) is 2.34. The summed E-state index contributed by atoms with van der Waals surface area (Å²) >= 11 is 0. The lowest BCUT2D eigenvalue weighted by Gasteiger charge is -2.26. The first-order valence-corrected chi connectivity index (χ1v) is 18.4. The van der Waals surface area contributed by atoms with Gasteiger partial charge in [0.15, 0.2) is 0 Å². The molecule has 0 aliphatic carbocycles. The highest BCUT2D eigenvalue weighted by Gasteiger charge is 2.16. The third-order valence-corrected chi connectivity index (χ3v) is 10.5. The molecule has 10 rings (SSSR count). The van der Waals surface area contributed by atoms with E-state index in [0.29, 0.717) is 0 Å². The maximum absolute atomic E-state index is 6.46. The summed E-state index contributed by atoms with van der Waals surface area (Å²) in [6.45, 7) is 0. The first kappa shape index (κ1) is 31.6. The van der Waals surface area contributed by atoms with E-state index in [1.807, 2.05) is 6.07 Å². The molecule has 1 heterocycles. The predicted molar refractivity (Wildman–Crippen MR) is 228 cm³/mol. The zero-order chi connectivity index (χ0) is 35.8. The Morgan fingerprint density at radius 2 is 0.796 bits per heavy atom. The molecule has 0 aliphatic rings. The average Bonchev–Trinajstić information content (AvgIpc) is 3.63. The van der Waals surface area contributed by atoms with Crippen molar-refractivity contribution in [2.24, 2.45) is 0 Å². The Morgan fingerprint density at radius 3 is 1.44 bits per heavy atom. The number of anilines is 3. The second kappa shape index (κ2) is 13.4. The van der Waals surface area contributed by atoms with Crippen molar-refractivity contribution < 1.29 is 4.42 Å². The zero-order valence-electron chi connectivity index (χ0n) is 29.6. The quantitative estimate of drug-likeness (QED) is 0.166. The van der Waals surface area contributed by atoms with Crippen molar-refractivity contribution in [1.82, 2.24) is 0 Å². The number of benzene rings is 9. The third kappa shape index (κ3) is 5.81. The van der Waals surface area contributed by atoms with Gasteiger partial charge in [0.1, 0.15) is 11.2 Å². The SMILES string of the molecule is c1ccc(-c2ccc(-c3ccc(N(c4ccc(-c5ccc6oc7c(-c8ccccc8)cccc7c6c5)cc4)c4ccc5ccccc5c4)cc3)cc2)cc1. The van der Waals surface area contributed by atoms with Gasteiger partial charge in [-0.2, -0.15) is 0 Å². The molecular formula is C52H35NO. The van der Waals surface area contributed by atoms with Crippen LogP contribution in [0.2, 0.25) is 0 Å². The molecule has 9 aromatic carbocycles. The third-order valence-electron chi connectivity index (χ3n) is 10.5. The molecule has 1 aromatic heterocycles. The van der Waals surface area contributed by atoms with E-state index in [1.54, 1.807) is 0 Å². The van der Waals surface area contributed by atoms with Crippen LogP contribution in [0.25, 0.3) is 77.2 Å². The molecule has 2 nitrogen and oxygen atoms in total. The topological polar surface area (TPSA) is 16.4 Å². The summed E-state index contributed by atoms with van der Waals surface area (Å²) in [5.74, 6) is 0. The summed E-state index contributed by atoms with van der Waals surface area (Å²) in [6, 6.07) is 75.8. The molecule has 254 valence electrons. The summed E-state index contributed by atoms with van der Waals surface area (Å²) in [5, 5.41) is 4.69. The van der Waals surface area contributed by atoms with Crippen LogP contribution in [0.15, 0.2) is 217 Å². The monoisotopic (exact) mass is 689 g/mol. The van der Waals surface area contributed by atoms with Gasteiger partial charge < -0.3 is 9.32 Å². The maximum atomic E-state index is 6.46. The number of fused-ring (bicyclic) bond motifs is 4. The van der Waals surface area contributed by atoms with E-state index in [2.05, 4.69) is 211 Å². The molecule has 0 atom stereocenters. The Kier molecular flexibility index (Phi) is 7.85. The van der Waals surface area contributed by atoms with Crippen LogP contribution in [0.1, 0.15) is 0 Å². The van der Waals surface area contributed by atoms with Gasteiger partial charge in [0.25, 0.3) is 0 Å². The van der Waals surface area contributed by atoms with Gasteiger partial charge in [0, 0.05) is 33.4 Å². The molecule has 0 aliphatic heterocycles. The van der Waals surface area contributed by atoms with Crippen molar-refractivity contribution in [2.45, 2.75) is 0 Å². The summed E-state index contributed by atoms with van der Waals surface area (Å²) < 4.78 is 6.46. The predicted octanol–water partition coefficient (Wildman–Crippen LogP) is 14.9. The molecule has 54 heavy (non-hydrogen) atoms. The van der Waals surface area contributed by atoms with Gasteiger partial charge in [0.2, 0.25) is 0 Å². The van der Waals surface area contributed by atoms with Gasteiger partial charge in [-0.05, 0) is 98.2 Å². The summed E-state index contributed by atoms with van der Waals surface area (Å²) in [6.07, 6.45) is 0. The zero-order valence-corrected chi connectivity index (χ0v) is 29.6. The van der Waals surface area contributed by atoms with E-state index in [4.69, 9.17) is 4.42 Å². The average molecular weight is 690 g/mol. The normalized spacial score (nSPS) is 11.3. The van der Waals surface area contributed by atoms with Crippen molar-refractivity contribution in [3.63, 3.8) is 0 Å². The van der Waals surface area contributed by atoms with E-state index in [1.165, 1.54) is 33.0 Å². The van der Waals surface area contributed by atoms with Gasteiger partial charge in [0.05, 0.1) is 0 Å². The van der Waals surface area contributed by atoms with Crippen LogP contribution in [-0.2, 0) is 0 Å². The van der Waals surface area contributed by atoms with Crippen LogP contribution < -0.4 is 4.90 Å². The molecule has 0 fully saturated rings. The van der Waals surface area contributed by atoms with Crippen LogP contribution in [0, 0.1) is 0 Å². The van der Waals surface area contributed by atoms with Crippen LogP contribution in [0.4, 0.5) is 17.1 Å². The van der Waals surface area contributed by atoms with Crippen molar-refractivity contribution >= 4 is 49.8 Å². The van der Waals surface area contributed by atoms with Gasteiger partial charge in [-0.1, -0.05) is 164 Å². The van der Waals surface area contributed by atoms with Crippen LogP contribution in [0.5, 0.6) is 0 Å². The first-order valence-electron chi connectivity index (χ1n) is 18.4. The molecule has 2 heteroatoms. The van der Waals surface area contributed by atoms with Crippen LogP contribution in [0.3, 0.4) is 0 Å². The van der Waals surface area contributed by atoms with Crippen molar-refractivity contribution in [2.75, 3.05) is 4.90 Å². The smallest absolute Gasteiger partial charge is 0.143 e. The second-order valence-electron chi connectivity index (χ2n) is 13.8. The highest BCUT2D eigenvalue weighted by Crippen LogP contribution is 2.40. The van der Waals surface area contributed by atoms with Gasteiger partial charge in [-0.25, -0.2) is 0 Å². The number of nitrogens with zero attached hydrogens (tertiary/aromatic N) is 1. The van der Waals surface area contributed by atoms with Crippen LogP contribution >= 0.6 is 0 Å². The van der Waals surface area contributed by atoms with Gasteiger partial charge in [-0.3, -0.25) is 0 Å². The lowest BCUT2D eigenvalue weighted by molar-refractivity contribution is 0.670. The molecule has 10 aromatic rings. The fraction of sp³-hybridized carbons (Fsp3) is 0.